The van der Waals surface area contributed by atoms with Crippen LogP contribution >= 0.6 is 0 Å². The van der Waals surface area contributed by atoms with Crippen LogP contribution in [0.25, 0.3) is 22.4 Å². The van der Waals surface area contributed by atoms with Gasteiger partial charge in [0.15, 0.2) is 0 Å². The zero-order chi connectivity index (χ0) is 20.2. The zero-order valence-electron chi connectivity index (χ0n) is 15.0. The summed E-state index contributed by atoms with van der Waals surface area (Å²) in [5.41, 5.74) is 0.909. The second-order valence-corrected chi connectivity index (χ2v) is 6.13. The Labute approximate surface area is 164 Å². The van der Waals surface area contributed by atoms with Crippen molar-refractivity contribution in [3.8, 4) is 22.4 Å². The monoisotopic (exact) mass is 385 g/mol. The van der Waals surface area contributed by atoms with E-state index in [-0.39, 0.29) is 11.4 Å². The Kier molecular flexibility index (Phi) is 4.81. The van der Waals surface area contributed by atoms with E-state index in [4.69, 9.17) is 0 Å². The van der Waals surface area contributed by atoms with Crippen molar-refractivity contribution < 1.29 is 4.79 Å². The molecule has 0 aliphatic carbocycles. The topological polar surface area (TPSA) is 121 Å². The largest absolute Gasteiger partial charge is 0.346 e. The summed E-state index contributed by atoms with van der Waals surface area (Å²) in [7, 11) is 0. The van der Waals surface area contributed by atoms with Crippen molar-refractivity contribution in [2.45, 2.75) is 0 Å². The third-order valence-electron chi connectivity index (χ3n) is 4.24. The predicted molar refractivity (Wildman–Crippen MR) is 109 cm³/mol. The second kappa shape index (κ2) is 7.73. The first-order valence-corrected chi connectivity index (χ1v) is 8.73. The number of aromatic nitrogens is 4. The van der Waals surface area contributed by atoms with E-state index in [2.05, 4.69) is 25.5 Å². The van der Waals surface area contributed by atoms with E-state index in [9.17, 15) is 14.4 Å². The SMILES string of the molecule is O=C(Nc1ccnc(=O)[nH]1)c1c(-c2ccccc2)c(-c2ccccc2)n[nH]c1=O. The Morgan fingerprint density at radius 3 is 2.17 bits per heavy atom. The summed E-state index contributed by atoms with van der Waals surface area (Å²) >= 11 is 0. The van der Waals surface area contributed by atoms with Gasteiger partial charge in [0.1, 0.15) is 11.4 Å². The number of anilines is 1. The summed E-state index contributed by atoms with van der Waals surface area (Å²) in [6.07, 6.45) is 1.26. The highest BCUT2D eigenvalue weighted by Crippen LogP contribution is 2.31. The van der Waals surface area contributed by atoms with Gasteiger partial charge in [0.25, 0.3) is 11.5 Å². The minimum atomic E-state index is -0.675. The molecule has 142 valence electrons. The highest BCUT2D eigenvalue weighted by atomic mass is 16.2. The molecule has 8 nitrogen and oxygen atoms in total. The minimum absolute atomic E-state index is 0.109. The third kappa shape index (κ3) is 3.72. The van der Waals surface area contributed by atoms with Gasteiger partial charge in [-0.3, -0.25) is 14.6 Å². The van der Waals surface area contributed by atoms with E-state index in [0.29, 0.717) is 16.8 Å². The van der Waals surface area contributed by atoms with Crippen LogP contribution in [0.3, 0.4) is 0 Å². The van der Waals surface area contributed by atoms with Crippen molar-refractivity contribution in [3.63, 3.8) is 0 Å². The Morgan fingerprint density at radius 2 is 1.52 bits per heavy atom. The van der Waals surface area contributed by atoms with Crippen LogP contribution in [0.1, 0.15) is 10.4 Å². The standard InChI is InChI=1S/C21H15N5O3/c27-19(23-15-11-12-22-21(29)24-15)17-16(13-7-3-1-4-8-13)18(25-26-20(17)28)14-9-5-2-6-10-14/h1-12H,(H,26,28)(H2,22,23,24,27,29). The molecule has 1 amide bonds. The summed E-state index contributed by atoms with van der Waals surface area (Å²) in [5, 5.41) is 9.15. The Bertz CT molecular complexity index is 1280. The minimum Gasteiger partial charge on any atom is -0.308 e. The molecule has 0 spiro atoms. The normalized spacial score (nSPS) is 10.5. The fourth-order valence-electron chi connectivity index (χ4n) is 2.98. The maximum absolute atomic E-state index is 13.0. The summed E-state index contributed by atoms with van der Waals surface area (Å²) in [6, 6.07) is 19.7. The molecule has 4 aromatic rings. The van der Waals surface area contributed by atoms with E-state index in [1.165, 1.54) is 12.3 Å². The van der Waals surface area contributed by atoms with Gasteiger partial charge in [0, 0.05) is 17.3 Å². The molecule has 0 aliphatic heterocycles. The van der Waals surface area contributed by atoms with Gasteiger partial charge in [-0.2, -0.15) is 5.10 Å². The number of aromatic amines is 2. The smallest absolute Gasteiger partial charge is 0.308 e. The van der Waals surface area contributed by atoms with Crippen molar-refractivity contribution in [1.82, 2.24) is 20.2 Å². The lowest BCUT2D eigenvalue weighted by Gasteiger charge is -2.13. The highest BCUT2D eigenvalue weighted by Gasteiger charge is 2.23. The van der Waals surface area contributed by atoms with Gasteiger partial charge in [-0.1, -0.05) is 60.7 Å². The van der Waals surface area contributed by atoms with E-state index >= 15 is 0 Å². The number of carbonyl (C=O) groups is 1. The number of hydrogen-bond acceptors (Lipinski definition) is 5. The highest BCUT2D eigenvalue weighted by molar-refractivity contribution is 6.09. The molecule has 0 aliphatic rings. The van der Waals surface area contributed by atoms with Crippen LogP contribution in [-0.2, 0) is 0 Å². The lowest BCUT2D eigenvalue weighted by Crippen LogP contribution is -2.27. The van der Waals surface area contributed by atoms with Crippen LogP contribution in [-0.4, -0.2) is 26.1 Å². The molecule has 0 fully saturated rings. The van der Waals surface area contributed by atoms with Gasteiger partial charge < -0.3 is 5.32 Å². The molecule has 4 rings (SSSR count). The van der Waals surface area contributed by atoms with Gasteiger partial charge in [-0.15, -0.1) is 0 Å². The summed E-state index contributed by atoms with van der Waals surface area (Å²) in [5.74, 6) is -0.544. The average molecular weight is 385 g/mol. The molecule has 3 N–H and O–H groups in total. The molecule has 2 aromatic heterocycles. The van der Waals surface area contributed by atoms with Gasteiger partial charge in [0.2, 0.25) is 0 Å². The van der Waals surface area contributed by atoms with Gasteiger partial charge in [0.05, 0.1) is 5.69 Å². The van der Waals surface area contributed by atoms with E-state index in [0.717, 1.165) is 5.56 Å². The lowest BCUT2D eigenvalue weighted by atomic mass is 9.95. The number of nitrogens with one attached hydrogen (secondary N) is 3. The number of H-pyrrole nitrogens is 2. The number of benzene rings is 2. The number of carbonyl (C=O) groups excluding carboxylic acids is 1. The number of rotatable bonds is 4. The van der Waals surface area contributed by atoms with Gasteiger partial charge >= 0.3 is 5.69 Å². The molecule has 2 aromatic carbocycles. The van der Waals surface area contributed by atoms with Crippen molar-refractivity contribution in [2.75, 3.05) is 5.32 Å². The molecule has 0 atom stereocenters. The van der Waals surface area contributed by atoms with Crippen molar-refractivity contribution >= 4 is 11.7 Å². The van der Waals surface area contributed by atoms with Crippen molar-refractivity contribution in [2.24, 2.45) is 0 Å². The first kappa shape index (κ1) is 18.1. The summed E-state index contributed by atoms with van der Waals surface area (Å²) in [4.78, 5) is 43.0. The second-order valence-electron chi connectivity index (χ2n) is 6.13. The van der Waals surface area contributed by atoms with E-state index in [1.54, 1.807) is 12.1 Å². The first-order chi connectivity index (χ1) is 14.1. The Hall–Kier alpha value is -4.33. The molecule has 2 heterocycles. The Morgan fingerprint density at radius 1 is 0.862 bits per heavy atom. The molecular weight excluding hydrogens is 370 g/mol. The summed E-state index contributed by atoms with van der Waals surface area (Å²) < 4.78 is 0. The molecular formula is C21H15N5O3. The average Bonchev–Trinajstić information content (AvgIpc) is 2.74. The third-order valence-corrected chi connectivity index (χ3v) is 4.24. The van der Waals surface area contributed by atoms with Gasteiger partial charge in [-0.25, -0.2) is 14.9 Å². The molecule has 0 radical (unpaired) electrons. The molecule has 8 heteroatoms. The molecule has 0 unspecified atom stereocenters. The molecule has 0 saturated carbocycles. The van der Waals surface area contributed by atoms with Crippen LogP contribution in [0.15, 0.2) is 82.5 Å². The first-order valence-electron chi connectivity index (χ1n) is 8.73. The van der Waals surface area contributed by atoms with Crippen molar-refractivity contribution in [3.05, 3.63) is 99.3 Å². The summed E-state index contributed by atoms with van der Waals surface area (Å²) in [6.45, 7) is 0. The van der Waals surface area contributed by atoms with E-state index < -0.39 is 17.2 Å². The number of hydrogen-bond donors (Lipinski definition) is 3. The predicted octanol–water partition coefficient (Wildman–Crippen LogP) is 2.44. The van der Waals surface area contributed by atoms with Crippen LogP contribution < -0.4 is 16.6 Å². The number of amides is 1. The van der Waals surface area contributed by atoms with Crippen LogP contribution in [0, 0.1) is 0 Å². The quantitative estimate of drug-likeness (QED) is 0.498. The fourth-order valence-corrected chi connectivity index (χ4v) is 2.98. The molecule has 29 heavy (non-hydrogen) atoms. The zero-order valence-corrected chi connectivity index (χ0v) is 15.0. The fraction of sp³-hybridized carbons (Fsp3) is 0. The Balaban J connectivity index is 1.92. The van der Waals surface area contributed by atoms with Crippen molar-refractivity contribution in [1.29, 1.82) is 0 Å². The van der Waals surface area contributed by atoms with Crippen LogP contribution in [0.5, 0.6) is 0 Å². The van der Waals surface area contributed by atoms with E-state index in [1.807, 2.05) is 48.5 Å². The molecule has 0 bridgehead atoms. The maximum atomic E-state index is 13.0. The van der Waals surface area contributed by atoms with Crippen LogP contribution in [0.2, 0.25) is 0 Å². The lowest BCUT2D eigenvalue weighted by molar-refractivity contribution is 0.102. The maximum Gasteiger partial charge on any atom is 0.346 e. The molecule has 0 saturated heterocycles. The number of nitrogens with zero attached hydrogens (tertiary/aromatic N) is 2. The van der Waals surface area contributed by atoms with Gasteiger partial charge in [-0.05, 0) is 11.6 Å². The van der Waals surface area contributed by atoms with Crippen LogP contribution in [0.4, 0.5) is 5.82 Å².